The zero-order chi connectivity index (χ0) is 15.2. The molecule has 3 aliphatic rings. The van der Waals surface area contributed by atoms with Crippen LogP contribution in [0.2, 0.25) is 0 Å². The second kappa shape index (κ2) is 5.59. The summed E-state index contributed by atoms with van der Waals surface area (Å²) in [6.07, 6.45) is 8.23. The second-order valence-corrected chi connectivity index (χ2v) is 8.42. The third-order valence-corrected chi connectivity index (χ3v) is 7.26. The Morgan fingerprint density at radius 1 is 1.05 bits per heavy atom. The summed E-state index contributed by atoms with van der Waals surface area (Å²) in [7, 11) is 0. The molecule has 2 bridgehead atoms. The molecule has 0 aromatic rings. The first-order valence-electron chi connectivity index (χ1n) is 9.17. The minimum absolute atomic E-state index is 0.136. The highest BCUT2D eigenvalue weighted by Crippen LogP contribution is 2.55. The molecule has 5 unspecified atom stereocenters. The smallest absolute Gasteiger partial charge is 0.309 e. The highest BCUT2D eigenvalue weighted by Gasteiger charge is 2.53. The largest absolute Gasteiger partial charge is 0.459 e. The fourth-order valence-corrected chi connectivity index (χ4v) is 5.44. The van der Waals surface area contributed by atoms with Gasteiger partial charge in [0.1, 0.15) is 5.60 Å². The zero-order valence-electron chi connectivity index (χ0n) is 14.2. The highest BCUT2D eigenvalue weighted by molar-refractivity contribution is 5.74. The molecule has 0 aromatic carbocycles. The Morgan fingerprint density at radius 3 is 2.24 bits per heavy atom. The van der Waals surface area contributed by atoms with E-state index in [1.165, 1.54) is 25.7 Å². The molecule has 3 saturated carbocycles. The Hall–Kier alpha value is -0.530. The fourth-order valence-electron chi connectivity index (χ4n) is 5.44. The molecule has 0 heterocycles. The monoisotopic (exact) mass is 292 g/mol. The lowest BCUT2D eigenvalue weighted by molar-refractivity contribution is -0.177. The summed E-state index contributed by atoms with van der Waals surface area (Å²) in [5.74, 6) is 3.62. The fraction of sp³-hybridized carbons (Fsp3) is 0.947. The minimum atomic E-state index is -0.161. The van der Waals surface area contributed by atoms with Gasteiger partial charge in [-0.25, -0.2) is 0 Å². The Kier molecular flexibility index (Phi) is 4.09. The van der Waals surface area contributed by atoms with Gasteiger partial charge in [0, 0.05) is 0 Å². The van der Waals surface area contributed by atoms with Gasteiger partial charge in [-0.15, -0.1) is 0 Å². The number of carbonyl (C=O) groups excluding carboxylic acids is 1. The zero-order valence-corrected chi connectivity index (χ0v) is 14.2. The predicted molar refractivity (Wildman–Crippen MR) is 84.8 cm³/mol. The molecule has 0 saturated heterocycles. The van der Waals surface area contributed by atoms with Gasteiger partial charge in [0.25, 0.3) is 0 Å². The Balaban J connectivity index is 1.69. The van der Waals surface area contributed by atoms with E-state index in [1.54, 1.807) is 0 Å². The van der Waals surface area contributed by atoms with Crippen molar-refractivity contribution in [1.29, 1.82) is 0 Å². The highest BCUT2D eigenvalue weighted by atomic mass is 16.6. The molecule has 0 spiro atoms. The maximum Gasteiger partial charge on any atom is 0.309 e. The molecule has 0 amide bonds. The lowest BCUT2D eigenvalue weighted by Crippen LogP contribution is -2.44. The number of carbonyl (C=O) groups is 1. The van der Waals surface area contributed by atoms with Crippen molar-refractivity contribution in [3.05, 3.63) is 0 Å². The lowest BCUT2D eigenvalue weighted by atomic mass is 9.74. The second-order valence-electron chi connectivity index (χ2n) is 8.42. The van der Waals surface area contributed by atoms with E-state index < -0.39 is 0 Å². The Morgan fingerprint density at radius 2 is 1.71 bits per heavy atom. The van der Waals surface area contributed by atoms with Gasteiger partial charge in [-0.05, 0) is 68.1 Å². The number of hydrogen-bond acceptors (Lipinski definition) is 2. The SMILES string of the molecule is CC1C2CC(C(=O)OC3(C(C)C)CCCCC3)C(C2)C1C. The van der Waals surface area contributed by atoms with Gasteiger partial charge in [-0.1, -0.05) is 34.1 Å². The molecule has 3 fully saturated rings. The molecule has 2 heteroatoms. The molecule has 21 heavy (non-hydrogen) atoms. The van der Waals surface area contributed by atoms with Gasteiger partial charge in [-0.3, -0.25) is 4.79 Å². The quantitative estimate of drug-likeness (QED) is 0.697. The molecule has 3 aliphatic carbocycles. The molecular weight excluding hydrogens is 260 g/mol. The van der Waals surface area contributed by atoms with E-state index in [0.29, 0.717) is 17.8 Å². The number of ether oxygens (including phenoxy) is 1. The normalized spacial score (nSPS) is 41.5. The first kappa shape index (κ1) is 15.4. The minimum Gasteiger partial charge on any atom is -0.459 e. The number of hydrogen-bond donors (Lipinski definition) is 0. The van der Waals surface area contributed by atoms with Crippen LogP contribution in [0.4, 0.5) is 0 Å². The van der Waals surface area contributed by atoms with Gasteiger partial charge < -0.3 is 4.74 Å². The molecule has 3 rings (SSSR count). The van der Waals surface area contributed by atoms with Crippen LogP contribution in [0.3, 0.4) is 0 Å². The van der Waals surface area contributed by atoms with Crippen molar-refractivity contribution in [3.63, 3.8) is 0 Å². The van der Waals surface area contributed by atoms with Gasteiger partial charge in [-0.2, -0.15) is 0 Å². The maximum atomic E-state index is 12.8. The van der Waals surface area contributed by atoms with Crippen LogP contribution in [0.15, 0.2) is 0 Å². The van der Waals surface area contributed by atoms with Gasteiger partial charge in [0.2, 0.25) is 0 Å². The summed E-state index contributed by atoms with van der Waals surface area (Å²) >= 11 is 0. The summed E-state index contributed by atoms with van der Waals surface area (Å²) in [4.78, 5) is 12.8. The number of esters is 1. The summed E-state index contributed by atoms with van der Waals surface area (Å²) in [5.41, 5.74) is -0.161. The summed E-state index contributed by atoms with van der Waals surface area (Å²) in [6, 6.07) is 0. The summed E-state index contributed by atoms with van der Waals surface area (Å²) in [6.45, 7) is 9.16. The van der Waals surface area contributed by atoms with Crippen molar-refractivity contribution in [3.8, 4) is 0 Å². The van der Waals surface area contributed by atoms with Crippen LogP contribution < -0.4 is 0 Å². The summed E-state index contributed by atoms with van der Waals surface area (Å²) < 4.78 is 6.22. The van der Waals surface area contributed by atoms with Crippen LogP contribution in [0.25, 0.3) is 0 Å². The molecule has 0 N–H and O–H groups in total. The number of fused-ring (bicyclic) bond motifs is 2. The maximum absolute atomic E-state index is 12.8. The van der Waals surface area contributed by atoms with Crippen LogP contribution in [0, 0.1) is 35.5 Å². The van der Waals surface area contributed by atoms with Crippen LogP contribution >= 0.6 is 0 Å². The van der Waals surface area contributed by atoms with Crippen molar-refractivity contribution in [2.75, 3.05) is 0 Å². The third kappa shape index (κ3) is 2.53. The Bertz CT molecular complexity index is 392. The van der Waals surface area contributed by atoms with E-state index in [9.17, 15) is 4.79 Å². The standard InChI is InChI=1S/C19H32O2/c1-12(2)19(8-6-5-7-9-19)21-18(20)17-11-15-10-16(17)14(4)13(15)3/h12-17H,5-11H2,1-4H3. The first-order valence-corrected chi connectivity index (χ1v) is 9.17. The van der Waals surface area contributed by atoms with Crippen molar-refractivity contribution in [1.82, 2.24) is 0 Å². The van der Waals surface area contributed by atoms with E-state index >= 15 is 0 Å². The van der Waals surface area contributed by atoms with Gasteiger partial charge >= 0.3 is 5.97 Å². The topological polar surface area (TPSA) is 26.3 Å². The van der Waals surface area contributed by atoms with Gasteiger partial charge in [0.05, 0.1) is 5.92 Å². The van der Waals surface area contributed by atoms with Crippen molar-refractivity contribution in [2.45, 2.75) is 78.2 Å². The molecule has 0 radical (unpaired) electrons. The van der Waals surface area contributed by atoms with Crippen LogP contribution in [-0.2, 0) is 9.53 Å². The van der Waals surface area contributed by atoms with E-state index in [-0.39, 0.29) is 17.5 Å². The third-order valence-electron chi connectivity index (χ3n) is 7.26. The van der Waals surface area contributed by atoms with E-state index in [2.05, 4.69) is 27.7 Å². The molecule has 5 atom stereocenters. The van der Waals surface area contributed by atoms with Gasteiger partial charge in [0.15, 0.2) is 0 Å². The molecule has 2 nitrogen and oxygen atoms in total. The van der Waals surface area contributed by atoms with Crippen molar-refractivity contribution in [2.24, 2.45) is 35.5 Å². The Labute approximate surface area is 130 Å². The first-order chi connectivity index (χ1) is 9.94. The average molecular weight is 292 g/mol. The lowest BCUT2D eigenvalue weighted by Gasteiger charge is -2.42. The predicted octanol–water partition coefficient (Wildman–Crippen LogP) is 4.82. The van der Waals surface area contributed by atoms with Crippen molar-refractivity contribution < 1.29 is 9.53 Å². The van der Waals surface area contributed by atoms with Crippen molar-refractivity contribution >= 4 is 5.97 Å². The van der Waals surface area contributed by atoms with Crippen LogP contribution in [0.5, 0.6) is 0 Å². The van der Waals surface area contributed by atoms with E-state index in [0.717, 1.165) is 31.1 Å². The molecule has 0 aliphatic heterocycles. The van der Waals surface area contributed by atoms with Crippen LogP contribution in [0.1, 0.15) is 72.6 Å². The molecule has 0 aromatic heterocycles. The molecular formula is C19H32O2. The van der Waals surface area contributed by atoms with E-state index in [4.69, 9.17) is 4.74 Å². The number of rotatable bonds is 3. The average Bonchev–Trinajstić information content (AvgIpc) is 3.01. The summed E-state index contributed by atoms with van der Waals surface area (Å²) in [5, 5.41) is 0. The van der Waals surface area contributed by atoms with E-state index in [1.807, 2.05) is 0 Å². The van der Waals surface area contributed by atoms with Crippen LogP contribution in [-0.4, -0.2) is 11.6 Å². The molecule has 120 valence electrons.